The van der Waals surface area contributed by atoms with Gasteiger partial charge in [0.15, 0.2) is 5.13 Å². The third kappa shape index (κ3) is 4.16. The molecule has 5 rings (SSSR count). The summed E-state index contributed by atoms with van der Waals surface area (Å²) in [6.45, 7) is 3.78. The van der Waals surface area contributed by atoms with E-state index in [0.29, 0.717) is 18.0 Å². The molecule has 0 radical (unpaired) electrons. The van der Waals surface area contributed by atoms with E-state index >= 15 is 0 Å². The normalized spacial score (nSPS) is 19.2. The summed E-state index contributed by atoms with van der Waals surface area (Å²) in [5.74, 6) is -0.831. The summed E-state index contributed by atoms with van der Waals surface area (Å²) < 4.78 is 7.40. The lowest BCUT2D eigenvalue weighted by Crippen LogP contribution is -2.38. The highest BCUT2D eigenvalue weighted by atomic mass is 32.1. The molecule has 2 aliphatic rings. The second kappa shape index (κ2) is 9.14. The minimum atomic E-state index is -0.428. The van der Waals surface area contributed by atoms with E-state index in [1.807, 2.05) is 55.6 Å². The van der Waals surface area contributed by atoms with Crippen molar-refractivity contribution in [3.8, 4) is 22.7 Å². The average molecular weight is 491 g/mol. The highest BCUT2D eigenvalue weighted by molar-refractivity contribution is 7.14. The number of nitrogens with zero attached hydrogens (tertiary/aromatic N) is 3. The number of fused-ring (bicyclic) bond motifs is 1. The Balaban J connectivity index is 1.29. The van der Waals surface area contributed by atoms with Gasteiger partial charge in [-0.05, 0) is 57.0 Å². The molecule has 1 saturated heterocycles. The molecule has 1 fully saturated rings. The smallest absolute Gasteiger partial charge is 0.246 e. The summed E-state index contributed by atoms with van der Waals surface area (Å²) in [7, 11) is 1.64. The number of hydrogen-bond donors (Lipinski definition) is 1. The van der Waals surface area contributed by atoms with Crippen LogP contribution in [0.15, 0.2) is 47.9 Å². The van der Waals surface area contributed by atoms with E-state index in [1.165, 1.54) is 11.3 Å². The molecule has 1 aromatic carbocycles. The number of rotatable bonds is 6. The van der Waals surface area contributed by atoms with E-state index in [1.54, 1.807) is 7.11 Å². The Kier molecular flexibility index (Phi) is 6.02. The van der Waals surface area contributed by atoms with Crippen LogP contribution in [0, 0.1) is 25.7 Å². The standard InChI is InChI=1S/C26H26N4O4S/c1-15-12-21(16(2)30(15)17-8-10-18(34-3)11-9-17)22-14-35-26(27-22)28-23(31)13-29-24(32)19-6-4-5-7-20(19)25(29)33/h4-5,8-12,14,19-20H,6-7,13H2,1-3H3,(H,27,28,31). The highest BCUT2D eigenvalue weighted by Crippen LogP contribution is 2.35. The number of thiazole rings is 1. The van der Waals surface area contributed by atoms with Gasteiger partial charge in [0.25, 0.3) is 0 Å². The molecular weight excluding hydrogens is 464 g/mol. The maximum absolute atomic E-state index is 12.7. The molecule has 9 heteroatoms. The zero-order valence-electron chi connectivity index (χ0n) is 19.8. The topological polar surface area (TPSA) is 93.5 Å². The number of carbonyl (C=O) groups is 3. The maximum atomic E-state index is 12.7. The van der Waals surface area contributed by atoms with Crippen molar-refractivity contribution in [1.82, 2.24) is 14.5 Å². The molecule has 35 heavy (non-hydrogen) atoms. The van der Waals surface area contributed by atoms with Gasteiger partial charge in [-0.15, -0.1) is 11.3 Å². The molecule has 2 unspecified atom stereocenters. The van der Waals surface area contributed by atoms with Gasteiger partial charge in [0.05, 0.1) is 24.6 Å². The summed E-state index contributed by atoms with van der Waals surface area (Å²) in [4.78, 5) is 43.6. The van der Waals surface area contributed by atoms with Crippen LogP contribution >= 0.6 is 11.3 Å². The number of hydrogen-bond acceptors (Lipinski definition) is 6. The third-order valence-electron chi connectivity index (χ3n) is 6.69. The quantitative estimate of drug-likeness (QED) is 0.415. The van der Waals surface area contributed by atoms with Crippen LogP contribution in [0.2, 0.25) is 0 Å². The first-order chi connectivity index (χ1) is 16.9. The van der Waals surface area contributed by atoms with Crippen molar-refractivity contribution >= 4 is 34.2 Å². The lowest BCUT2D eigenvalue weighted by atomic mass is 9.85. The van der Waals surface area contributed by atoms with Crippen LogP contribution in [0.3, 0.4) is 0 Å². The molecule has 1 aliphatic carbocycles. The van der Waals surface area contributed by atoms with E-state index in [2.05, 4.69) is 20.9 Å². The fourth-order valence-electron chi connectivity index (χ4n) is 4.93. The predicted molar refractivity (Wildman–Crippen MR) is 134 cm³/mol. The SMILES string of the molecule is COc1ccc(-n2c(C)cc(-c3csc(NC(=O)CN4C(=O)C5CC=CCC5C4=O)n3)c2C)cc1. The van der Waals surface area contributed by atoms with Crippen molar-refractivity contribution in [2.75, 3.05) is 19.0 Å². The lowest BCUT2D eigenvalue weighted by Gasteiger charge is -2.14. The monoisotopic (exact) mass is 490 g/mol. The first-order valence-electron chi connectivity index (χ1n) is 11.5. The van der Waals surface area contributed by atoms with E-state index in [4.69, 9.17) is 4.74 Å². The molecule has 3 aromatic rings. The number of carbonyl (C=O) groups excluding carboxylic acids is 3. The Hall–Kier alpha value is -3.72. The summed E-state index contributed by atoms with van der Waals surface area (Å²) in [5.41, 5.74) is 4.83. The van der Waals surface area contributed by atoms with Crippen molar-refractivity contribution < 1.29 is 19.1 Å². The number of allylic oxidation sites excluding steroid dienone is 2. The van der Waals surface area contributed by atoms with Crippen LogP contribution in [-0.2, 0) is 14.4 Å². The number of imide groups is 1. The largest absolute Gasteiger partial charge is 0.497 e. The van der Waals surface area contributed by atoms with Crippen molar-refractivity contribution in [1.29, 1.82) is 0 Å². The minimum absolute atomic E-state index is 0.259. The van der Waals surface area contributed by atoms with Gasteiger partial charge in [-0.25, -0.2) is 4.98 Å². The van der Waals surface area contributed by atoms with E-state index in [0.717, 1.165) is 39.0 Å². The fourth-order valence-corrected chi connectivity index (χ4v) is 5.66. The van der Waals surface area contributed by atoms with Gasteiger partial charge >= 0.3 is 0 Å². The maximum Gasteiger partial charge on any atom is 0.246 e. The van der Waals surface area contributed by atoms with Crippen LogP contribution in [0.5, 0.6) is 5.75 Å². The summed E-state index contributed by atoms with van der Waals surface area (Å²) in [5, 5.41) is 5.07. The Labute approximate surface area is 207 Å². The van der Waals surface area contributed by atoms with Crippen LogP contribution in [0.1, 0.15) is 24.2 Å². The molecule has 0 bridgehead atoms. The van der Waals surface area contributed by atoms with E-state index in [9.17, 15) is 14.4 Å². The van der Waals surface area contributed by atoms with Gasteiger partial charge in [0.2, 0.25) is 17.7 Å². The number of ether oxygens (including phenoxy) is 1. The molecule has 180 valence electrons. The van der Waals surface area contributed by atoms with Gasteiger partial charge in [-0.1, -0.05) is 12.2 Å². The Morgan fingerprint density at radius 1 is 1.11 bits per heavy atom. The molecule has 1 N–H and O–H groups in total. The molecule has 0 spiro atoms. The second-order valence-electron chi connectivity index (χ2n) is 8.82. The molecular formula is C26H26N4O4S. The number of aryl methyl sites for hydroxylation is 1. The third-order valence-corrected chi connectivity index (χ3v) is 7.45. The lowest BCUT2D eigenvalue weighted by molar-refractivity contribution is -0.142. The second-order valence-corrected chi connectivity index (χ2v) is 9.68. The first-order valence-corrected chi connectivity index (χ1v) is 12.3. The van der Waals surface area contributed by atoms with Crippen LogP contribution in [-0.4, -0.2) is 45.8 Å². The van der Waals surface area contributed by atoms with Gasteiger partial charge < -0.3 is 14.6 Å². The number of benzene rings is 1. The van der Waals surface area contributed by atoms with Crippen LogP contribution in [0.4, 0.5) is 5.13 Å². The molecule has 3 heterocycles. The zero-order valence-corrected chi connectivity index (χ0v) is 20.6. The van der Waals surface area contributed by atoms with Gasteiger partial charge in [0.1, 0.15) is 12.3 Å². The number of methoxy groups -OCH3 is 1. The Morgan fingerprint density at radius 3 is 2.40 bits per heavy atom. The average Bonchev–Trinajstić information content (AvgIpc) is 3.51. The molecule has 2 atom stereocenters. The van der Waals surface area contributed by atoms with Crippen LogP contribution in [0.25, 0.3) is 16.9 Å². The minimum Gasteiger partial charge on any atom is -0.497 e. The van der Waals surface area contributed by atoms with E-state index < -0.39 is 5.91 Å². The van der Waals surface area contributed by atoms with E-state index in [-0.39, 0.29) is 30.2 Å². The fraction of sp³-hybridized carbons (Fsp3) is 0.308. The number of amides is 3. The van der Waals surface area contributed by atoms with Crippen molar-refractivity contribution in [3.63, 3.8) is 0 Å². The predicted octanol–water partition coefficient (Wildman–Crippen LogP) is 4.12. The molecule has 3 amide bonds. The van der Waals surface area contributed by atoms with Crippen molar-refractivity contribution in [2.24, 2.45) is 11.8 Å². The van der Waals surface area contributed by atoms with Crippen molar-refractivity contribution in [3.05, 3.63) is 59.3 Å². The van der Waals surface area contributed by atoms with Crippen molar-refractivity contribution in [2.45, 2.75) is 26.7 Å². The molecule has 1 aliphatic heterocycles. The molecule has 8 nitrogen and oxygen atoms in total. The number of aromatic nitrogens is 2. The van der Waals surface area contributed by atoms with Gasteiger partial charge in [-0.2, -0.15) is 0 Å². The number of anilines is 1. The number of likely N-dealkylation sites (tertiary alicyclic amines) is 1. The first kappa shape index (κ1) is 23.0. The van der Waals surface area contributed by atoms with Crippen LogP contribution < -0.4 is 10.1 Å². The number of nitrogens with one attached hydrogen (secondary N) is 1. The zero-order chi connectivity index (χ0) is 24.7. The summed E-state index contributed by atoms with van der Waals surface area (Å²) in [6, 6.07) is 9.92. The van der Waals surface area contributed by atoms with Gasteiger partial charge in [-0.3, -0.25) is 19.3 Å². The highest BCUT2D eigenvalue weighted by Gasteiger charge is 2.47. The summed E-state index contributed by atoms with van der Waals surface area (Å²) in [6.07, 6.45) is 4.97. The Bertz CT molecular complexity index is 1310. The van der Waals surface area contributed by atoms with Gasteiger partial charge in [0, 0.05) is 28.0 Å². The molecule has 2 aromatic heterocycles. The summed E-state index contributed by atoms with van der Waals surface area (Å²) >= 11 is 1.31. The molecule has 0 saturated carbocycles. The Morgan fingerprint density at radius 2 is 1.77 bits per heavy atom.